The van der Waals surface area contributed by atoms with E-state index in [4.69, 9.17) is 4.74 Å². The fourth-order valence-corrected chi connectivity index (χ4v) is 1.15. The van der Waals surface area contributed by atoms with Gasteiger partial charge in [-0.3, -0.25) is 0 Å². The quantitative estimate of drug-likeness (QED) is 0.737. The minimum Gasteiger partial charge on any atom is -0.465 e. The number of carbonyl (C=O) groups is 2. The number of methoxy groups -OCH3 is 1. The molecule has 0 N–H and O–H groups in total. The van der Waals surface area contributed by atoms with Crippen LogP contribution in [0.25, 0.3) is 0 Å². The normalized spacial score (nSPS) is 10.8. The van der Waals surface area contributed by atoms with Crippen molar-refractivity contribution in [1.82, 2.24) is 0 Å². The first-order chi connectivity index (χ1) is 7.83. The molecule has 0 atom stereocenters. The molecule has 0 aromatic heterocycles. The number of rotatable bonds is 2. The van der Waals surface area contributed by atoms with Crippen molar-refractivity contribution in [3.63, 3.8) is 0 Å². The van der Waals surface area contributed by atoms with Crippen molar-refractivity contribution < 1.29 is 19.1 Å². The van der Waals surface area contributed by atoms with E-state index in [2.05, 4.69) is 10.8 Å². The Morgan fingerprint density at radius 1 is 1.12 bits per heavy atom. The first kappa shape index (κ1) is 13.2. The van der Waals surface area contributed by atoms with E-state index in [0.717, 1.165) is 0 Å². The minimum absolute atomic E-state index is 0.204. The Labute approximate surface area is 101 Å². The number of esters is 2. The van der Waals surface area contributed by atoms with Crippen LogP contribution in [-0.4, -0.2) is 24.6 Å². The zero-order valence-electron chi connectivity index (χ0n) is 10.4. The molecule has 0 saturated heterocycles. The highest BCUT2D eigenvalue weighted by Crippen LogP contribution is 2.13. The fraction of sp³-hybridized carbons (Fsp3) is 0.385. The maximum Gasteiger partial charge on any atom is 0.339 e. The van der Waals surface area contributed by atoms with Gasteiger partial charge in [-0.1, -0.05) is 6.07 Å². The average Bonchev–Trinajstić information content (AvgIpc) is 2.26. The summed E-state index contributed by atoms with van der Waals surface area (Å²) < 4.78 is 9.72. The Kier molecular flexibility index (Phi) is 3.89. The van der Waals surface area contributed by atoms with Crippen LogP contribution < -0.4 is 0 Å². The first-order valence-electron chi connectivity index (χ1n) is 5.17. The fourth-order valence-electron chi connectivity index (χ4n) is 1.15. The predicted octanol–water partition coefficient (Wildman–Crippen LogP) is 2.23. The minimum atomic E-state index is -0.577. The van der Waals surface area contributed by atoms with Crippen molar-refractivity contribution in [2.24, 2.45) is 0 Å². The summed E-state index contributed by atoms with van der Waals surface area (Å²) in [6.07, 6.45) is 0. The molecule has 0 amide bonds. The third kappa shape index (κ3) is 3.90. The molecule has 0 aliphatic rings. The van der Waals surface area contributed by atoms with E-state index in [9.17, 15) is 9.59 Å². The molecule has 0 unspecified atom stereocenters. The van der Waals surface area contributed by atoms with Gasteiger partial charge in [-0.15, -0.1) is 0 Å². The van der Waals surface area contributed by atoms with E-state index in [-0.39, 0.29) is 11.1 Å². The summed E-state index contributed by atoms with van der Waals surface area (Å²) in [5, 5.41) is 0. The summed E-state index contributed by atoms with van der Waals surface area (Å²) in [5.41, 5.74) is -0.162. The van der Waals surface area contributed by atoms with Crippen LogP contribution in [0, 0.1) is 6.07 Å². The summed E-state index contributed by atoms with van der Waals surface area (Å²) in [4.78, 5) is 23.0. The molecule has 91 valence electrons. The van der Waals surface area contributed by atoms with Gasteiger partial charge >= 0.3 is 11.9 Å². The van der Waals surface area contributed by atoms with E-state index in [1.807, 2.05) is 0 Å². The van der Waals surface area contributed by atoms with E-state index in [1.165, 1.54) is 13.2 Å². The average molecular weight is 235 g/mol. The van der Waals surface area contributed by atoms with Gasteiger partial charge in [0.25, 0.3) is 0 Å². The predicted molar refractivity (Wildman–Crippen MR) is 61.8 cm³/mol. The van der Waals surface area contributed by atoms with Crippen LogP contribution in [0.4, 0.5) is 0 Å². The molecule has 1 radical (unpaired) electrons. The molecular formula is C13H15O4. The Balaban J connectivity index is 2.92. The smallest absolute Gasteiger partial charge is 0.339 e. The molecule has 0 fully saturated rings. The zero-order valence-corrected chi connectivity index (χ0v) is 10.4. The molecule has 4 nitrogen and oxygen atoms in total. The first-order valence-corrected chi connectivity index (χ1v) is 5.17. The topological polar surface area (TPSA) is 52.6 Å². The Morgan fingerprint density at radius 3 is 2.12 bits per heavy atom. The third-order valence-corrected chi connectivity index (χ3v) is 1.82. The zero-order chi connectivity index (χ0) is 13.1. The van der Waals surface area contributed by atoms with Gasteiger partial charge < -0.3 is 9.47 Å². The van der Waals surface area contributed by atoms with Crippen LogP contribution >= 0.6 is 0 Å². The van der Waals surface area contributed by atoms with Crippen LogP contribution in [0.1, 0.15) is 41.5 Å². The molecule has 4 heteroatoms. The SMILES string of the molecule is COC(=O)c1[c]c(C(=O)OC(C)(C)C)ccc1. The second kappa shape index (κ2) is 4.99. The Morgan fingerprint density at radius 2 is 1.65 bits per heavy atom. The monoisotopic (exact) mass is 235 g/mol. The molecule has 0 bridgehead atoms. The largest absolute Gasteiger partial charge is 0.465 e. The van der Waals surface area contributed by atoms with Crippen LogP contribution in [-0.2, 0) is 9.47 Å². The van der Waals surface area contributed by atoms with E-state index >= 15 is 0 Å². The van der Waals surface area contributed by atoms with Crippen LogP contribution in [0.5, 0.6) is 0 Å². The van der Waals surface area contributed by atoms with Gasteiger partial charge in [-0.25, -0.2) is 9.59 Å². The maximum atomic E-state index is 11.7. The van der Waals surface area contributed by atoms with Crippen molar-refractivity contribution in [1.29, 1.82) is 0 Å². The number of hydrogen-bond acceptors (Lipinski definition) is 4. The summed E-state index contributed by atoms with van der Waals surface area (Å²) in [6, 6.07) is 7.32. The maximum absolute atomic E-state index is 11.7. The second-order valence-electron chi connectivity index (χ2n) is 4.47. The highest BCUT2D eigenvalue weighted by atomic mass is 16.6. The molecule has 0 spiro atoms. The lowest BCUT2D eigenvalue weighted by molar-refractivity contribution is 0.00691. The van der Waals surface area contributed by atoms with E-state index in [1.54, 1.807) is 32.9 Å². The van der Waals surface area contributed by atoms with Crippen LogP contribution in [0.2, 0.25) is 0 Å². The summed E-state index contributed by atoms with van der Waals surface area (Å²) in [6.45, 7) is 5.32. The van der Waals surface area contributed by atoms with Gasteiger partial charge in [-0.05, 0) is 32.9 Å². The Bertz CT molecular complexity index is 429. The van der Waals surface area contributed by atoms with E-state index < -0.39 is 17.5 Å². The van der Waals surface area contributed by atoms with Crippen LogP contribution in [0.3, 0.4) is 0 Å². The van der Waals surface area contributed by atoms with Crippen molar-refractivity contribution >= 4 is 11.9 Å². The third-order valence-electron chi connectivity index (χ3n) is 1.82. The summed E-state index contributed by atoms with van der Waals surface area (Å²) in [7, 11) is 1.27. The van der Waals surface area contributed by atoms with Gasteiger partial charge in [-0.2, -0.15) is 0 Å². The molecular weight excluding hydrogens is 220 g/mol. The molecule has 1 aromatic carbocycles. The molecule has 0 saturated carbocycles. The molecule has 0 aliphatic heterocycles. The van der Waals surface area contributed by atoms with Gasteiger partial charge in [0.2, 0.25) is 0 Å². The highest BCUT2D eigenvalue weighted by Gasteiger charge is 2.19. The number of hydrogen-bond donors (Lipinski definition) is 0. The van der Waals surface area contributed by atoms with E-state index in [0.29, 0.717) is 0 Å². The number of benzene rings is 1. The van der Waals surface area contributed by atoms with Crippen molar-refractivity contribution in [3.8, 4) is 0 Å². The van der Waals surface area contributed by atoms with Gasteiger partial charge in [0.1, 0.15) is 5.60 Å². The lowest BCUT2D eigenvalue weighted by Gasteiger charge is -2.19. The van der Waals surface area contributed by atoms with Gasteiger partial charge in [0, 0.05) is 6.07 Å². The molecule has 17 heavy (non-hydrogen) atoms. The highest BCUT2D eigenvalue weighted by molar-refractivity contribution is 5.94. The van der Waals surface area contributed by atoms with Crippen LogP contribution in [0.15, 0.2) is 18.2 Å². The number of ether oxygens (including phenoxy) is 2. The molecule has 0 heterocycles. The van der Waals surface area contributed by atoms with Crippen molar-refractivity contribution in [2.75, 3.05) is 7.11 Å². The molecule has 1 rings (SSSR count). The summed E-state index contributed by atoms with van der Waals surface area (Å²) in [5.74, 6) is -1.04. The second-order valence-corrected chi connectivity index (χ2v) is 4.47. The molecule has 1 aromatic rings. The Hall–Kier alpha value is -1.84. The van der Waals surface area contributed by atoms with Crippen molar-refractivity contribution in [2.45, 2.75) is 26.4 Å². The lowest BCUT2D eigenvalue weighted by atomic mass is 10.1. The summed E-state index contributed by atoms with van der Waals surface area (Å²) >= 11 is 0. The number of carbonyl (C=O) groups excluding carboxylic acids is 2. The van der Waals surface area contributed by atoms with Crippen molar-refractivity contribution in [3.05, 3.63) is 35.4 Å². The lowest BCUT2D eigenvalue weighted by Crippen LogP contribution is -2.24. The van der Waals surface area contributed by atoms with Gasteiger partial charge in [0.05, 0.1) is 18.2 Å². The molecule has 0 aliphatic carbocycles. The standard InChI is InChI=1S/C13H15O4/c1-13(2,3)17-12(15)10-7-5-6-9(8-10)11(14)16-4/h5-7H,1-4H3. The van der Waals surface area contributed by atoms with Gasteiger partial charge in [0.15, 0.2) is 0 Å².